The number of ether oxygens (including phenoxy) is 2. The number of pyridine rings is 1. The summed E-state index contributed by atoms with van der Waals surface area (Å²) in [4.78, 5) is 30.1. The summed E-state index contributed by atoms with van der Waals surface area (Å²) in [6, 6.07) is 4.94. The first-order valence-corrected chi connectivity index (χ1v) is 10.6. The number of halogens is 1. The van der Waals surface area contributed by atoms with Gasteiger partial charge in [0.25, 0.3) is 5.91 Å². The topological polar surface area (TPSA) is 186 Å². The number of thiophene rings is 1. The molecule has 4 aromatic rings. The maximum absolute atomic E-state index is 13.2. The number of H-pyrrole nitrogens is 1. The minimum Gasteiger partial charge on any atom is -0.495 e. The normalized spacial score (nSPS) is 10.8. The average molecular weight is 503 g/mol. The molecule has 1 aromatic carbocycles. The number of hydrogen-bond acceptors (Lipinski definition) is 10. The molecule has 0 aliphatic heterocycles. The van der Waals surface area contributed by atoms with Crippen molar-refractivity contribution in [1.29, 1.82) is 5.26 Å². The molecule has 4 rings (SSSR count). The van der Waals surface area contributed by atoms with Gasteiger partial charge in [-0.1, -0.05) is 16.3 Å². The molecule has 34 heavy (non-hydrogen) atoms. The monoisotopic (exact) mass is 502 g/mol. The summed E-state index contributed by atoms with van der Waals surface area (Å²) in [5, 5.41) is 15.3. The van der Waals surface area contributed by atoms with E-state index in [4.69, 9.17) is 37.1 Å². The molecule has 3 heterocycles. The minimum atomic E-state index is -0.750. The van der Waals surface area contributed by atoms with Crippen LogP contribution in [0.1, 0.15) is 15.2 Å². The van der Waals surface area contributed by atoms with E-state index >= 15 is 0 Å². The van der Waals surface area contributed by atoms with Crippen LogP contribution in [-0.4, -0.2) is 30.4 Å². The van der Waals surface area contributed by atoms with Gasteiger partial charge in [-0.25, -0.2) is 9.78 Å². The Kier molecular flexibility index (Phi) is 5.78. The summed E-state index contributed by atoms with van der Waals surface area (Å²) < 4.78 is 16.6. The van der Waals surface area contributed by atoms with Gasteiger partial charge in [-0.2, -0.15) is 5.26 Å². The van der Waals surface area contributed by atoms with Gasteiger partial charge in [-0.3, -0.25) is 9.32 Å². The number of nitriles is 1. The third-order valence-corrected chi connectivity index (χ3v) is 6.38. The number of hydrogen-bond donors (Lipinski definition) is 4. The Labute approximate surface area is 200 Å². The first kappa shape index (κ1) is 22.9. The van der Waals surface area contributed by atoms with Crippen molar-refractivity contribution >= 4 is 56.3 Å². The van der Waals surface area contributed by atoms with Crippen molar-refractivity contribution in [2.75, 3.05) is 31.0 Å². The number of nitrogen functional groups attached to an aromatic ring is 2. The maximum Gasteiger partial charge on any atom is 0.435 e. The van der Waals surface area contributed by atoms with Crippen LogP contribution in [0.25, 0.3) is 21.5 Å². The molecule has 0 fully saturated rings. The van der Waals surface area contributed by atoms with Crippen molar-refractivity contribution in [2.24, 2.45) is 7.05 Å². The van der Waals surface area contributed by atoms with E-state index in [9.17, 15) is 14.9 Å². The van der Waals surface area contributed by atoms with E-state index in [-0.39, 0.29) is 54.1 Å². The van der Waals surface area contributed by atoms with Crippen molar-refractivity contribution in [3.8, 4) is 28.8 Å². The van der Waals surface area contributed by atoms with Gasteiger partial charge in [0.1, 0.15) is 38.7 Å². The second-order valence-corrected chi connectivity index (χ2v) is 8.32. The van der Waals surface area contributed by atoms with Crippen LogP contribution in [0.2, 0.25) is 5.02 Å². The van der Waals surface area contributed by atoms with Crippen molar-refractivity contribution in [3.05, 3.63) is 38.0 Å². The predicted octanol–water partition coefficient (Wildman–Crippen LogP) is 2.03. The Morgan fingerprint density at radius 1 is 1.32 bits per heavy atom. The zero-order chi connectivity index (χ0) is 24.7. The highest BCUT2D eigenvalue weighted by molar-refractivity contribution is 7.21. The average Bonchev–Trinajstić information content (AvgIpc) is 3.31. The quantitative estimate of drug-likeness (QED) is 0.296. The number of nitrogens with one attached hydrogen (secondary N) is 2. The number of anilines is 3. The van der Waals surface area contributed by atoms with Crippen molar-refractivity contribution < 1.29 is 23.5 Å². The number of nitrogens with zero attached hydrogens (tertiary/aromatic N) is 3. The third-order valence-electron chi connectivity index (χ3n) is 4.99. The molecule has 0 saturated carbocycles. The Bertz CT molecular complexity index is 1570. The summed E-state index contributed by atoms with van der Waals surface area (Å²) in [5.41, 5.74) is 11.9. The van der Waals surface area contributed by atoms with Crippen LogP contribution < -0.4 is 36.6 Å². The first-order chi connectivity index (χ1) is 16.2. The van der Waals surface area contributed by atoms with Crippen LogP contribution in [0.3, 0.4) is 0 Å². The fraction of sp³-hybridized carbons (Fsp3) is 0.150. The molecule has 14 heteroatoms. The highest BCUT2D eigenvalue weighted by Gasteiger charge is 2.32. The van der Waals surface area contributed by atoms with Crippen LogP contribution in [0.5, 0.6) is 11.5 Å². The summed E-state index contributed by atoms with van der Waals surface area (Å²) in [7, 11) is 4.39. The zero-order valence-electron chi connectivity index (χ0n) is 18.0. The largest absolute Gasteiger partial charge is 0.495 e. The fourth-order valence-electron chi connectivity index (χ4n) is 3.44. The number of amides is 1. The number of benzene rings is 1. The Morgan fingerprint density at radius 2 is 2.03 bits per heavy atom. The zero-order valence-corrected chi connectivity index (χ0v) is 19.6. The highest BCUT2D eigenvalue weighted by atomic mass is 35.5. The molecule has 0 bridgehead atoms. The first-order valence-electron chi connectivity index (χ1n) is 9.44. The maximum atomic E-state index is 13.2. The summed E-state index contributed by atoms with van der Waals surface area (Å²) in [6.45, 7) is 0. The van der Waals surface area contributed by atoms with Crippen LogP contribution >= 0.6 is 22.9 Å². The Morgan fingerprint density at radius 3 is 2.62 bits per heavy atom. The van der Waals surface area contributed by atoms with E-state index in [2.05, 4.69) is 15.6 Å². The molecule has 0 aliphatic carbocycles. The summed E-state index contributed by atoms with van der Waals surface area (Å²) in [5.74, 6) is -0.0403. The number of rotatable bonds is 5. The van der Waals surface area contributed by atoms with Gasteiger partial charge in [-0.05, 0) is 11.3 Å². The fourth-order valence-corrected chi connectivity index (χ4v) is 4.68. The number of aromatic amines is 1. The van der Waals surface area contributed by atoms with Gasteiger partial charge >= 0.3 is 11.3 Å². The lowest BCUT2D eigenvalue weighted by Crippen LogP contribution is -2.34. The lowest BCUT2D eigenvalue weighted by Gasteiger charge is -2.13. The molecule has 0 aliphatic rings. The molecule has 0 atom stereocenters. The number of methoxy groups -OCH3 is 2. The second-order valence-electron chi connectivity index (χ2n) is 6.91. The van der Waals surface area contributed by atoms with Gasteiger partial charge < -0.3 is 26.3 Å². The minimum absolute atomic E-state index is 0.00397. The van der Waals surface area contributed by atoms with Crippen LogP contribution in [0.4, 0.5) is 17.2 Å². The number of nitrogens with two attached hydrogens (primary N) is 2. The van der Waals surface area contributed by atoms with E-state index in [0.717, 1.165) is 11.3 Å². The molecule has 0 unspecified atom stereocenters. The van der Waals surface area contributed by atoms with Gasteiger partial charge in [0.15, 0.2) is 7.05 Å². The van der Waals surface area contributed by atoms with Crippen LogP contribution in [-0.2, 0) is 7.05 Å². The molecular weight excluding hydrogens is 486 g/mol. The molecule has 0 saturated heterocycles. The third kappa shape index (κ3) is 3.54. The number of fused-ring (bicyclic) bond motifs is 1. The molecular formula is C20H17ClN7O5S+. The SMILES string of the molecule is COc1cc(OC)c(NC(=O)c2sc3nc(N)c(C#N)c(-c4c(=O)o[nH][n+]4C)c3c2N)cc1Cl. The number of aromatic nitrogens is 3. The van der Waals surface area contributed by atoms with E-state index < -0.39 is 11.5 Å². The molecule has 0 spiro atoms. The van der Waals surface area contributed by atoms with E-state index in [1.54, 1.807) is 0 Å². The number of carbonyl (C=O) groups is 1. The Balaban J connectivity index is 1.90. The van der Waals surface area contributed by atoms with Crippen LogP contribution in [0, 0.1) is 11.3 Å². The van der Waals surface area contributed by atoms with Crippen molar-refractivity contribution in [3.63, 3.8) is 0 Å². The standard InChI is InChI=1S/C20H16ClN7O5S/c1-28-15(20(30)33-27-28)12-7(6-22)17(24)26-19-13(12)14(23)16(34-19)18(29)25-9-4-8(21)10(31-2)5-11(9)32-3/h4-5H,1-3H3,(H5-,23,24,25,26,27,29,30)/p+1. The lowest BCUT2D eigenvalue weighted by molar-refractivity contribution is -0.730. The van der Waals surface area contributed by atoms with Gasteiger partial charge in [0, 0.05) is 6.07 Å². The lowest BCUT2D eigenvalue weighted by atomic mass is 10.0. The number of aryl methyl sites for hydroxylation is 1. The van der Waals surface area contributed by atoms with E-state index in [1.807, 2.05) is 6.07 Å². The van der Waals surface area contributed by atoms with Crippen molar-refractivity contribution in [2.45, 2.75) is 0 Å². The van der Waals surface area contributed by atoms with Crippen LogP contribution in [0.15, 0.2) is 21.5 Å². The van der Waals surface area contributed by atoms with Gasteiger partial charge in [0.2, 0.25) is 0 Å². The molecule has 174 valence electrons. The van der Waals surface area contributed by atoms with E-state index in [0.29, 0.717) is 11.5 Å². The molecule has 6 N–H and O–H groups in total. The highest BCUT2D eigenvalue weighted by Crippen LogP contribution is 2.42. The molecule has 3 aromatic heterocycles. The molecule has 12 nitrogen and oxygen atoms in total. The molecule has 0 radical (unpaired) electrons. The summed E-state index contributed by atoms with van der Waals surface area (Å²) in [6.07, 6.45) is 0. The summed E-state index contributed by atoms with van der Waals surface area (Å²) >= 11 is 7.13. The van der Waals surface area contributed by atoms with E-state index in [1.165, 1.54) is 38.1 Å². The predicted molar refractivity (Wildman–Crippen MR) is 125 cm³/mol. The number of carbonyl (C=O) groups excluding carboxylic acids is 1. The van der Waals surface area contributed by atoms with Crippen molar-refractivity contribution in [1.82, 2.24) is 10.3 Å². The molecule has 1 amide bonds. The second kappa shape index (κ2) is 8.58. The van der Waals surface area contributed by atoms with Gasteiger partial charge in [0.05, 0.1) is 41.6 Å². The van der Waals surface area contributed by atoms with Gasteiger partial charge in [-0.15, -0.1) is 11.3 Å². The Hall–Kier alpha value is -4.28. The smallest absolute Gasteiger partial charge is 0.435 e.